The Bertz CT molecular complexity index is 765. The van der Waals surface area contributed by atoms with Crippen molar-refractivity contribution in [1.82, 2.24) is 10.2 Å². The van der Waals surface area contributed by atoms with E-state index in [4.69, 9.17) is 4.74 Å². The summed E-state index contributed by atoms with van der Waals surface area (Å²) in [5.41, 5.74) is 0.970. The molecule has 0 heterocycles. The van der Waals surface area contributed by atoms with Crippen LogP contribution in [0.3, 0.4) is 0 Å². The SMILES string of the molecule is CCNC(=O)[C@H](CC)N(Cc1ccc(OC)cc1)C(=O)CCSc1ccccc1. The Morgan fingerprint density at radius 1 is 1.07 bits per heavy atom. The van der Waals surface area contributed by atoms with Gasteiger partial charge in [0.25, 0.3) is 0 Å². The molecule has 0 saturated carbocycles. The van der Waals surface area contributed by atoms with Gasteiger partial charge in [0, 0.05) is 30.2 Å². The number of hydrogen-bond acceptors (Lipinski definition) is 4. The van der Waals surface area contributed by atoms with Crippen LogP contribution < -0.4 is 10.1 Å². The van der Waals surface area contributed by atoms with Gasteiger partial charge in [0.2, 0.25) is 11.8 Å². The predicted octanol–water partition coefficient (Wildman–Crippen LogP) is 4.12. The number of nitrogens with one attached hydrogen (secondary N) is 1. The third kappa shape index (κ3) is 7.13. The summed E-state index contributed by atoms with van der Waals surface area (Å²) in [6.07, 6.45) is 0.950. The minimum atomic E-state index is -0.480. The fourth-order valence-corrected chi connectivity index (χ4v) is 3.92. The molecule has 0 aromatic heterocycles. The first-order valence-corrected chi connectivity index (χ1v) is 11.0. The van der Waals surface area contributed by atoms with E-state index in [1.807, 2.05) is 68.4 Å². The summed E-state index contributed by atoms with van der Waals surface area (Å²) < 4.78 is 5.21. The number of hydrogen-bond donors (Lipinski definition) is 1. The van der Waals surface area contributed by atoms with Crippen LogP contribution in [0, 0.1) is 0 Å². The third-order valence-electron chi connectivity index (χ3n) is 4.58. The Balaban J connectivity index is 2.10. The summed E-state index contributed by atoms with van der Waals surface area (Å²) in [7, 11) is 1.62. The first-order valence-electron chi connectivity index (χ1n) is 9.97. The number of ether oxygens (including phenoxy) is 1. The number of thioether (sulfide) groups is 1. The van der Waals surface area contributed by atoms with Gasteiger partial charge >= 0.3 is 0 Å². The Morgan fingerprint density at radius 3 is 2.34 bits per heavy atom. The second kappa shape index (κ2) is 12.2. The van der Waals surface area contributed by atoms with Crippen LogP contribution >= 0.6 is 11.8 Å². The fourth-order valence-electron chi connectivity index (χ4n) is 3.06. The number of carbonyl (C=O) groups excluding carboxylic acids is 2. The summed E-state index contributed by atoms with van der Waals surface area (Å²) in [5.74, 6) is 1.32. The number of rotatable bonds is 11. The van der Waals surface area contributed by atoms with E-state index >= 15 is 0 Å². The summed E-state index contributed by atoms with van der Waals surface area (Å²) in [6, 6.07) is 17.2. The molecule has 5 nitrogen and oxygen atoms in total. The molecule has 156 valence electrons. The Hall–Kier alpha value is -2.47. The maximum Gasteiger partial charge on any atom is 0.242 e. The predicted molar refractivity (Wildman–Crippen MR) is 118 cm³/mol. The van der Waals surface area contributed by atoms with Gasteiger partial charge in [-0.25, -0.2) is 0 Å². The lowest BCUT2D eigenvalue weighted by Crippen LogP contribution is -2.49. The van der Waals surface area contributed by atoms with Crippen molar-refractivity contribution in [3.63, 3.8) is 0 Å². The minimum absolute atomic E-state index is 0.0117. The first kappa shape index (κ1) is 22.8. The van der Waals surface area contributed by atoms with Crippen LogP contribution in [0.2, 0.25) is 0 Å². The fraction of sp³-hybridized carbons (Fsp3) is 0.391. The molecule has 0 unspecified atom stereocenters. The highest BCUT2D eigenvalue weighted by Gasteiger charge is 2.28. The van der Waals surface area contributed by atoms with Crippen molar-refractivity contribution in [2.24, 2.45) is 0 Å². The van der Waals surface area contributed by atoms with E-state index in [0.717, 1.165) is 16.2 Å². The van der Waals surface area contributed by atoms with Crippen molar-refractivity contribution in [2.45, 2.75) is 44.2 Å². The molecule has 2 rings (SSSR count). The molecule has 29 heavy (non-hydrogen) atoms. The summed E-state index contributed by atoms with van der Waals surface area (Å²) in [4.78, 5) is 28.5. The summed E-state index contributed by atoms with van der Waals surface area (Å²) in [6.45, 7) is 4.77. The number of carbonyl (C=O) groups is 2. The molecule has 2 aromatic rings. The molecule has 1 N–H and O–H groups in total. The van der Waals surface area contributed by atoms with E-state index in [1.165, 1.54) is 0 Å². The number of nitrogens with zero attached hydrogens (tertiary/aromatic N) is 1. The van der Waals surface area contributed by atoms with Crippen LogP contribution in [0.4, 0.5) is 0 Å². The maximum absolute atomic E-state index is 13.1. The van der Waals surface area contributed by atoms with Gasteiger partial charge < -0.3 is 15.0 Å². The van der Waals surface area contributed by atoms with Gasteiger partial charge in [0.1, 0.15) is 11.8 Å². The van der Waals surface area contributed by atoms with Gasteiger partial charge in [-0.1, -0.05) is 37.3 Å². The van der Waals surface area contributed by atoms with Crippen molar-refractivity contribution < 1.29 is 14.3 Å². The average molecular weight is 415 g/mol. The van der Waals surface area contributed by atoms with Gasteiger partial charge in [-0.3, -0.25) is 9.59 Å². The molecule has 0 spiro atoms. The molecule has 0 aliphatic carbocycles. The third-order valence-corrected chi connectivity index (χ3v) is 5.59. The lowest BCUT2D eigenvalue weighted by molar-refractivity contribution is -0.141. The molecule has 0 radical (unpaired) electrons. The van der Waals surface area contributed by atoms with Gasteiger partial charge in [0.05, 0.1) is 7.11 Å². The molecular weight excluding hydrogens is 384 g/mol. The highest BCUT2D eigenvalue weighted by Crippen LogP contribution is 2.21. The number of methoxy groups -OCH3 is 1. The molecule has 0 aliphatic heterocycles. The zero-order valence-corrected chi connectivity index (χ0v) is 18.2. The molecule has 1 atom stereocenters. The van der Waals surface area contributed by atoms with Crippen molar-refractivity contribution in [3.8, 4) is 5.75 Å². The van der Waals surface area contributed by atoms with Crippen LogP contribution in [0.5, 0.6) is 5.75 Å². The molecule has 2 amide bonds. The lowest BCUT2D eigenvalue weighted by Gasteiger charge is -2.30. The van der Waals surface area contributed by atoms with Crippen molar-refractivity contribution in [3.05, 3.63) is 60.2 Å². The molecule has 6 heteroatoms. The highest BCUT2D eigenvalue weighted by molar-refractivity contribution is 7.99. The second-order valence-corrected chi connectivity index (χ2v) is 7.77. The van der Waals surface area contributed by atoms with Crippen molar-refractivity contribution >= 4 is 23.6 Å². The normalized spacial score (nSPS) is 11.6. The van der Waals surface area contributed by atoms with Crippen LogP contribution in [0.25, 0.3) is 0 Å². The van der Waals surface area contributed by atoms with Crippen LogP contribution in [0.1, 0.15) is 32.3 Å². The topological polar surface area (TPSA) is 58.6 Å². The largest absolute Gasteiger partial charge is 0.497 e. The van der Waals surface area contributed by atoms with E-state index in [0.29, 0.717) is 31.7 Å². The average Bonchev–Trinajstić information content (AvgIpc) is 2.75. The van der Waals surface area contributed by atoms with Crippen LogP contribution in [-0.4, -0.2) is 42.2 Å². The zero-order chi connectivity index (χ0) is 21.1. The van der Waals surface area contributed by atoms with E-state index in [-0.39, 0.29) is 11.8 Å². The van der Waals surface area contributed by atoms with E-state index in [2.05, 4.69) is 5.32 Å². The molecule has 0 saturated heterocycles. The molecule has 2 aromatic carbocycles. The number of likely N-dealkylation sites (N-methyl/N-ethyl adjacent to an activating group) is 1. The minimum Gasteiger partial charge on any atom is -0.497 e. The Kier molecular flexibility index (Phi) is 9.57. The molecule has 0 bridgehead atoms. The Morgan fingerprint density at radius 2 is 1.76 bits per heavy atom. The second-order valence-electron chi connectivity index (χ2n) is 6.60. The van der Waals surface area contributed by atoms with E-state index in [9.17, 15) is 9.59 Å². The van der Waals surface area contributed by atoms with E-state index in [1.54, 1.807) is 23.8 Å². The summed E-state index contributed by atoms with van der Waals surface area (Å²) in [5, 5.41) is 2.86. The van der Waals surface area contributed by atoms with Crippen LogP contribution in [0.15, 0.2) is 59.5 Å². The zero-order valence-electron chi connectivity index (χ0n) is 17.4. The number of amides is 2. The maximum atomic E-state index is 13.1. The molecule has 0 aliphatic rings. The quantitative estimate of drug-likeness (QED) is 0.562. The summed E-state index contributed by atoms with van der Waals surface area (Å²) >= 11 is 1.65. The lowest BCUT2D eigenvalue weighted by atomic mass is 10.1. The van der Waals surface area contributed by atoms with Gasteiger partial charge in [-0.05, 0) is 43.2 Å². The first-order chi connectivity index (χ1) is 14.1. The van der Waals surface area contributed by atoms with Crippen molar-refractivity contribution in [1.29, 1.82) is 0 Å². The highest BCUT2D eigenvalue weighted by atomic mass is 32.2. The van der Waals surface area contributed by atoms with E-state index < -0.39 is 6.04 Å². The smallest absolute Gasteiger partial charge is 0.242 e. The molecular formula is C23H30N2O3S. The van der Waals surface area contributed by atoms with Gasteiger partial charge in [-0.2, -0.15) is 0 Å². The number of benzene rings is 2. The Labute approximate surface area is 177 Å². The van der Waals surface area contributed by atoms with Gasteiger partial charge in [0.15, 0.2) is 0 Å². The molecule has 0 fully saturated rings. The van der Waals surface area contributed by atoms with Crippen LogP contribution in [-0.2, 0) is 16.1 Å². The van der Waals surface area contributed by atoms with Gasteiger partial charge in [-0.15, -0.1) is 11.8 Å². The van der Waals surface area contributed by atoms with Crippen molar-refractivity contribution in [2.75, 3.05) is 19.4 Å². The standard InChI is InChI=1S/C23H30N2O3S/c1-4-21(23(27)24-5-2)25(17-18-11-13-19(28-3)14-12-18)22(26)15-16-29-20-9-7-6-8-10-20/h6-14,21H,4-5,15-17H2,1-3H3,(H,24,27)/t21-/m0/s1. The monoisotopic (exact) mass is 414 g/mol.